The van der Waals surface area contributed by atoms with Crippen LogP contribution in [0.4, 0.5) is 15.8 Å². The fraction of sp³-hybridized carbons (Fsp3) is 0.211. The lowest BCUT2D eigenvalue weighted by atomic mass is 10.1. The highest BCUT2D eigenvalue weighted by atomic mass is 19.1. The molecule has 2 aromatic carbocycles. The van der Waals surface area contributed by atoms with Crippen molar-refractivity contribution in [3.8, 4) is 0 Å². The quantitative estimate of drug-likeness (QED) is 0.684. The molecule has 1 amide bonds. The molecule has 4 rings (SSSR count). The van der Waals surface area contributed by atoms with E-state index in [1.807, 2.05) is 31.3 Å². The molecule has 126 valence electrons. The van der Waals surface area contributed by atoms with Gasteiger partial charge >= 0.3 is 0 Å². The van der Waals surface area contributed by atoms with Crippen molar-refractivity contribution in [3.63, 3.8) is 0 Å². The highest BCUT2D eigenvalue weighted by Crippen LogP contribution is 2.32. The molecule has 0 saturated heterocycles. The Morgan fingerprint density at radius 3 is 2.48 bits per heavy atom. The number of anilines is 2. The van der Waals surface area contributed by atoms with Gasteiger partial charge in [0.15, 0.2) is 0 Å². The van der Waals surface area contributed by atoms with E-state index in [-0.39, 0.29) is 11.5 Å². The van der Waals surface area contributed by atoms with Crippen molar-refractivity contribution >= 4 is 28.3 Å². The highest BCUT2D eigenvalue weighted by Gasteiger charge is 2.26. The lowest BCUT2D eigenvalue weighted by Gasteiger charge is -2.24. The maximum Gasteiger partial charge on any atom is 0.261 e. The molecule has 0 atom stereocenters. The van der Waals surface area contributed by atoms with Gasteiger partial charge in [-0.05, 0) is 24.6 Å². The number of carbonyl (C=O) groups excluding carboxylic acids is 1. The second-order valence-electron chi connectivity index (χ2n) is 6.10. The normalized spacial score (nSPS) is 14.3. The number of rotatable bonds is 1. The number of benzene rings is 2. The van der Waals surface area contributed by atoms with Gasteiger partial charge in [-0.3, -0.25) is 14.8 Å². The fourth-order valence-corrected chi connectivity index (χ4v) is 3.23. The smallest absolute Gasteiger partial charge is 0.261 e. The summed E-state index contributed by atoms with van der Waals surface area (Å²) in [6, 6.07) is 10.5. The van der Waals surface area contributed by atoms with E-state index in [0.29, 0.717) is 17.6 Å². The standard InChI is InChI=1S/C19H17FN4O/c1-23-9-4-10-24(18-6-3-2-5-17(18)23)19(25)13-11-15-16(12-14(13)20)22-8-7-21-15/h2-3,5-8,11-12H,4,9-10H2,1H3. The first kappa shape index (κ1) is 15.5. The van der Waals surface area contributed by atoms with E-state index in [2.05, 4.69) is 14.9 Å². The summed E-state index contributed by atoms with van der Waals surface area (Å²) in [5, 5.41) is 0. The van der Waals surface area contributed by atoms with E-state index < -0.39 is 5.82 Å². The predicted molar refractivity (Wildman–Crippen MR) is 95.5 cm³/mol. The van der Waals surface area contributed by atoms with Crippen LogP contribution in [0.15, 0.2) is 48.8 Å². The monoisotopic (exact) mass is 336 g/mol. The minimum absolute atomic E-state index is 0.0207. The summed E-state index contributed by atoms with van der Waals surface area (Å²) in [4.78, 5) is 25.1. The summed E-state index contributed by atoms with van der Waals surface area (Å²) in [7, 11) is 2.00. The van der Waals surface area contributed by atoms with Gasteiger partial charge in [0.1, 0.15) is 5.82 Å². The molecule has 0 bridgehead atoms. The lowest BCUT2D eigenvalue weighted by molar-refractivity contribution is 0.0983. The number of halogens is 1. The zero-order chi connectivity index (χ0) is 17.4. The molecule has 1 aliphatic heterocycles. The summed E-state index contributed by atoms with van der Waals surface area (Å²) in [5.41, 5.74) is 2.73. The average molecular weight is 336 g/mol. The molecule has 0 saturated carbocycles. The first-order valence-electron chi connectivity index (χ1n) is 8.17. The van der Waals surface area contributed by atoms with Gasteiger partial charge in [-0.25, -0.2) is 4.39 Å². The van der Waals surface area contributed by atoms with Gasteiger partial charge in [0.25, 0.3) is 5.91 Å². The zero-order valence-electron chi connectivity index (χ0n) is 13.8. The van der Waals surface area contributed by atoms with Crippen molar-refractivity contribution in [3.05, 3.63) is 60.2 Å². The van der Waals surface area contributed by atoms with Crippen LogP contribution in [0.2, 0.25) is 0 Å². The SMILES string of the molecule is CN1CCCN(C(=O)c2cc3nccnc3cc2F)c2ccccc21. The molecule has 5 nitrogen and oxygen atoms in total. The van der Waals surface area contributed by atoms with Crippen molar-refractivity contribution < 1.29 is 9.18 Å². The number of aromatic nitrogens is 2. The third-order valence-corrected chi connectivity index (χ3v) is 4.49. The summed E-state index contributed by atoms with van der Waals surface area (Å²) >= 11 is 0. The molecule has 25 heavy (non-hydrogen) atoms. The molecule has 0 fully saturated rings. The Bertz CT molecular complexity index is 959. The van der Waals surface area contributed by atoms with Crippen molar-refractivity contribution in [2.75, 3.05) is 29.9 Å². The Kier molecular flexibility index (Phi) is 3.80. The second-order valence-corrected chi connectivity index (χ2v) is 6.10. The molecular weight excluding hydrogens is 319 g/mol. The third kappa shape index (κ3) is 2.69. The van der Waals surface area contributed by atoms with Crippen LogP contribution < -0.4 is 9.80 Å². The first-order chi connectivity index (χ1) is 12.1. The fourth-order valence-electron chi connectivity index (χ4n) is 3.23. The van der Waals surface area contributed by atoms with Gasteiger partial charge in [0.05, 0.1) is 28.0 Å². The van der Waals surface area contributed by atoms with Crippen LogP contribution in [0, 0.1) is 5.82 Å². The molecule has 0 N–H and O–H groups in total. The van der Waals surface area contributed by atoms with Gasteiger partial charge in [0.2, 0.25) is 0 Å². The number of amides is 1. The molecule has 0 aliphatic carbocycles. The Morgan fingerprint density at radius 2 is 1.72 bits per heavy atom. The number of hydrogen-bond donors (Lipinski definition) is 0. The van der Waals surface area contributed by atoms with E-state index in [9.17, 15) is 9.18 Å². The van der Waals surface area contributed by atoms with Gasteiger partial charge in [-0.2, -0.15) is 0 Å². The Labute approximate surface area is 144 Å². The molecule has 3 aromatic rings. The summed E-state index contributed by atoms with van der Waals surface area (Å²) in [6.07, 6.45) is 3.85. The molecule has 0 radical (unpaired) electrons. The van der Waals surface area contributed by atoms with Crippen molar-refractivity contribution in [2.45, 2.75) is 6.42 Å². The highest BCUT2D eigenvalue weighted by molar-refractivity contribution is 6.09. The third-order valence-electron chi connectivity index (χ3n) is 4.49. The predicted octanol–water partition coefficient (Wildman–Crippen LogP) is 3.26. The molecule has 6 heteroatoms. The van der Waals surface area contributed by atoms with Gasteiger partial charge in [-0.1, -0.05) is 12.1 Å². The zero-order valence-corrected chi connectivity index (χ0v) is 13.8. The van der Waals surface area contributed by atoms with E-state index >= 15 is 0 Å². The summed E-state index contributed by atoms with van der Waals surface area (Å²) < 4.78 is 14.6. The molecule has 2 heterocycles. The van der Waals surface area contributed by atoms with Crippen LogP contribution in [0.1, 0.15) is 16.8 Å². The topological polar surface area (TPSA) is 49.3 Å². The maximum atomic E-state index is 14.6. The van der Waals surface area contributed by atoms with Crippen LogP contribution >= 0.6 is 0 Å². The van der Waals surface area contributed by atoms with Crippen LogP contribution in [0.25, 0.3) is 11.0 Å². The van der Waals surface area contributed by atoms with E-state index in [1.54, 1.807) is 4.90 Å². The number of hydrogen-bond acceptors (Lipinski definition) is 4. The van der Waals surface area contributed by atoms with Gasteiger partial charge in [0, 0.05) is 38.6 Å². The lowest BCUT2D eigenvalue weighted by Crippen LogP contribution is -2.32. The number of fused-ring (bicyclic) bond motifs is 2. The molecule has 1 aliphatic rings. The average Bonchev–Trinajstić information content (AvgIpc) is 2.80. The van der Waals surface area contributed by atoms with Crippen molar-refractivity contribution in [2.24, 2.45) is 0 Å². The van der Waals surface area contributed by atoms with E-state index in [0.717, 1.165) is 24.3 Å². The van der Waals surface area contributed by atoms with Crippen LogP contribution in [0.5, 0.6) is 0 Å². The Balaban J connectivity index is 1.81. The van der Waals surface area contributed by atoms with Crippen LogP contribution in [0.3, 0.4) is 0 Å². The summed E-state index contributed by atoms with van der Waals surface area (Å²) in [5.74, 6) is -0.930. The van der Waals surface area contributed by atoms with Crippen LogP contribution in [-0.2, 0) is 0 Å². The molecule has 0 unspecified atom stereocenters. The molecular formula is C19H17FN4O. The van der Waals surface area contributed by atoms with E-state index in [1.165, 1.54) is 24.5 Å². The van der Waals surface area contributed by atoms with Gasteiger partial charge in [-0.15, -0.1) is 0 Å². The number of nitrogens with zero attached hydrogens (tertiary/aromatic N) is 4. The molecule has 1 aromatic heterocycles. The number of para-hydroxylation sites is 2. The van der Waals surface area contributed by atoms with Crippen molar-refractivity contribution in [1.82, 2.24) is 9.97 Å². The first-order valence-corrected chi connectivity index (χ1v) is 8.17. The maximum absolute atomic E-state index is 14.6. The number of carbonyl (C=O) groups is 1. The van der Waals surface area contributed by atoms with Crippen molar-refractivity contribution in [1.29, 1.82) is 0 Å². The Hall–Kier alpha value is -3.02. The summed E-state index contributed by atoms with van der Waals surface area (Å²) in [6.45, 7) is 1.38. The Morgan fingerprint density at radius 1 is 1.04 bits per heavy atom. The minimum atomic E-state index is -0.576. The second kappa shape index (κ2) is 6.12. The van der Waals surface area contributed by atoms with Gasteiger partial charge < -0.3 is 9.80 Å². The minimum Gasteiger partial charge on any atom is -0.373 e. The largest absolute Gasteiger partial charge is 0.373 e. The van der Waals surface area contributed by atoms with E-state index in [4.69, 9.17) is 0 Å². The molecule has 0 spiro atoms. The van der Waals surface area contributed by atoms with Crippen LogP contribution in [-0.4, -0.2) is 36.0 Å².